The topological polar surface area (TPSA) is 49.3 Å². The zero-order chi connectivity index (χ0) is 13.4. The number of rotatable bonds is 7. The van der Waals surface area contributed by atoms with Crippen molar-refractivity contribution in [2.45, 2.75) is 26.2 Å². The smallest absolute Gasteiger partial charge is 0.224 e. The fourth-order valence-corrected chi connectivity index (χ4v) is 1.88. The maximum atomic E-state index is 11.6. The Morgan fingerprint density at radius 1 is 1.50 bits per heavy atom. The molecular weight excluding hydrogens is 250 g/mol. The molecule has 3 nitrogen and oxygen atoms in total. The van der Waals surface area contributed by atoms with E-state index in [1.807, 2.05) is 19.1 Å². The Balaban J connectivity index is 2.22. The van der Waals surface area contributed by atoms with Crippen LogP contribution in [0, 0.1) is 5.92 Å². The number of benzene rings is 1. The lowest BCUT2D eigenvalue weighted by atomic mass is 10.1. The van der Waals surface area contributed by atoms with E-state index in [-0.39, 0.29) is 12.5 Å². The molecule has 1 rings (SSSR count). The predicted molar refractivity (Wildman–Crippen MR) is 73.6 cm³/mol. The highest BCUT2D eigenvalue weighted by atomic mass is 35.5. The van der Waals surface area contributed by atoms with Crippen molar-refractivity contribution in [2.24, 2.45) is 5.92 Å². The van der Waals surface area contributed by atoms with Gasteiger partial charge < -0.3 is 10.4 Å². The minimum atomic E-state index is 0.00826. The molecular formula is C14H20ClNO2. The van der Waals surface area contributed by atoms with Crippen LogP contribution in [0.4, 0.5) is 0 Å². The van der Waals surface area contributed by atoms with Gasteiger partial charge in [-0.15, -0.1) is 0 Å². The standard InChI is InChI=1S/C14H20ClNO2/c1-11(10-17)4-3-7-16-14(18)9-12-5-2-6-13(15)8-12/h2,5-6,8,11,17H,3-4,7,9-10H2,1H3,(H,16,18). The molecule has 0 aliphatic carbocycles. The molecule has 1 unspecified atom stereocenters. The van der Waals surface area contributed by atoms with Crippen molar-refractivity contribution in [3.05, 3.63) is 34.9 Å². The van der Waals surface area contributed by atoms with E-state index >= 15 is 0 Å². The largest absolute Gasteiger partial charge is 0.396 e. The number of aliphatic hydroxyl groups is 1. The van der Waals surface area contributed by atoms with E-state index in [1.165, 1.54) is 0 Å². The van der Waals surface area contributed by atoms with E-state index in [0.29, 0.717) is 23.9 Å². The van der Waals surface area contributed by atoms with Gasteiger partial charge in [-0.3, -0.25) is 4.79 Å². The molecule has 18 heavy (non-hydrogen) atoms. The van der Waals surface area contributed by atoms with Gasteiger partial charge in [0.05, 0.1) is 6.42 Å². The summed E-state index contributed by atoms with van der Waals surface area (Å²) in [6.07, 6.45) is 2.17. The maximum absolute atomic E-state index is 11.6. The zero-order valence-corrected chi connectivity index (χ0v) is 11.4. The Hall–Kier alpha value is -1.06. The van der Waals surface area contributed by atoms with E-state index in [2.05, 4.69) is 5.32 Å². The van der Waals surface area contributed by atoms with Crippen LogP contribution in [0.25, 0.3) is 0 Å². The molecule has 0 radical (unpaired) electrons. The van der Waals surface area contributed by atoms with Crippen molar-refractivity contribution in [1.29, 1.82) is 0 Å². The SMILES string of the molecule is CC(CO)CCCNC(=O)Cc1cccc(Cl)c1. The summed E-state index contributed by atoms with van der Waals surface area (Å²) in [5.41, 5.74) is 0.920. The number of nitrogens with one attached hydrogen (secondary N) is 1. The van der Waals surface area contributed by atoms with Crippen LogP contribution in [0.1, 0.15) is 25.3 Å². The lowest BCUT2D eigenvalue weighted by Crippen LogP contribution is -2.26. The summed E-state index contributed by atoms with van der Waals surface area (Å²) in [5.74, 6) is 0.309. The average Bonchev–Trinajstić information content (AvgIpc) is 2.34. The molecule has 0 aliphatic heterocycles. The van der Waals surface area contributed by atoms with Gasteiger partial charge in [-0.2, -0.15) is 0 Å². The summed E-state index contributed by atoms with van der Waals surface area (Å²) < 4.78 is 0. The second-order valence-corrected chi connectivity index (χ2v) is 5.02. The summed E-state index contributed by atoms with van der Waals surface area (Å²) in [4.78, 5) is 11.6. The molecule has 0 spiro atoms. The first kappa shape index (κ1) is 15.0. The highest BCUT2D eigenvalue weighted by molar-refractivity contribution is 6.30. The van der Waals surface area contributed by atoms with E-state index in [0.717, 1.165) is 18.4 Å². The van der Waals surface area contributed by atoms with Crippen molar-refractivity contribution in [3.63, 3.8) is 0 Å². The van der Waals surface area contributed by atoms with E-state index in [9.17, 15) is 4.79 Å². The summed E-state index contributed by atoms with van der Waals surface area (Å²) in [6, 6.07) is 7.32. The molecule has 0 bridgehead atoms. The predicted octanol–water partition coefficient (Wildman–Crippen LogP) is 2.41. The molecule has 100 valence electrons. The minimum Gasteiger partial charge on any atom is -0.396 e. The molecule has 0 heterocycles. The molecule has 4 heteroatoms. The molecule has 0 fully saturated rings. The number of hydrogen-bond donors (Lipinski definition) is 2. The van der Waals surface area contributed by atoms with Crippen LogP contribution in [-0.4, -0.2) is 24.2 Å². The van der Waals surface area contributed by atoms with Gasteiger partial charge in [0.1, 0.15) is 0 Å². The van der Waals surface area contributed by atoms with Gasteiger partial charge >= 0.3 is 0 Å². The Bertz CT molecular complexity index is 382. The number of hydrogen-bond acceptors (Lipinski definition) is 2. The minimum absolute atomic E-state index is 0.00826. The first-order valence-corrected chi connectivity index (χ1v) is 6.61. The van der Waals surface area contributed by atoms with Crippen LogP contribution >= 0.6 is 11.6 Å². The molecule has 1 amide bonds. The van der Waals surface area contributed by atoms with Crippen molar-refractivity contribution < 1.29 is 9.90 Å². The van der Waals surface area contributed by atoms with Gasteiger partial charge in [-0.25, -0.2) is 0 Å². The second-order valence-electron chi connectivity index (χ2n) is 4.59. The molecule has 0 aliphatic rings. The van der Waals surface area contributed by atoms with Gasteiger partial charge in [-0.05, 0) is 36.5 Å². The molecule has 2 N–H and O–H groups in total. The first-order chi connectivity index (χ1) is 8.61. The number of carbonyl (C=O) groups is 1. The van der Waals surface area contributed by atoms with Crippen molar-refractivity contribution in [1.82, 2.24) is 5.32 Å². The fraction of sp³-hybridized carbons (Fsp3) is 0.500. The average molecular weight is 270 g/mol. The lowest BCUT2D eigenvalue weighted by Gasteiger charge is -2.08. The van der Waals surface area contributed by atoms with Gasteiger partial charge in [0.2, 0.25) is 5.91 Å². The molecule has 0 saturated carbocycles. The molecule has 1 aromatic carbocycles. The number of carbonyl (C=O) groups excluding carboxylic acids is 1. The van der Waals surface area contributed by atoms with E-state index in [1.54, 1.807) is 12.1 Å². The zero-order valence-electron chi connectivity index (χ0n) is 10.7. The lowest BCUT2D eigenvalue weighted by molar-refractivity contribution is -0.120. The second kappa shape index (κ2) is 8.11. The first-order valence-electron chi connectivity index (χ1n) is 6.24. The number of halogens is 1. The van der Waals surface area contributed by atoms with Crippen LogP contribution in [0.2, 0.25) is 5.02 Å². The third-order valence-electron chi connectivity index (χ3n) is 2.76. The van der Waals surface area contributed by atoms with Crippen LogP contribution in [0.3, 0.4) is 0 Å². The van der Waals surface area contributed by atoms with E-state index in [4.69, 9.17) is 16.7 Å². The summed E-state index contributed by atoms with van der Waals surface area (Å²) >= 11 is 5.85. The van der Waals surface area contributed by atoms with Crippen LogP contribution in [-0.2, 0) is 11.2 Å². The number of aliphatic hydroxyl groups excluding tert-OH is 1. The van der Waals surface area contributed by atoms with Gasteiger partial charge in [0.25, 0.3) is 0 Å². The highest BCUT2D eigenvalue weighted by Gasteiger charge is 2.04. The molecule has 1 atom stereocenters. The Labute approximate surface area is 113 Å². The fourth-order valence-electron chi connectivity index (χ4n) is 1.66. The van der Waals surface area contributed by atoms with Crippen LogP contribution in [0.5, 0.6) is 0 Å². The molecule has 0 saturated heterocycles. The van der Waals surface area contributed by atoms with Crippen LogP contribution < -0.4 is 5.32 Å². The Morgan fingerprint density at radius 3 is 2.94 bits per heavy atom. The summed E-state index contributed by atoms with van der Waals surface area (Å²) in [7, 11) is 0. The molecule has 0 aromatic heterocycles. The number of amides is 1. The van der Waals surface area contributed by atoms with Crippen molar-refractivity contribution in [2.75, 3.05) is 13.2 Å². The van der Waals surface area contributed by atoms with E-state index < -0.39 is 0 Å². The van der Waals surface area contributed by atoms with Crippen molar-refractivity contribution in [3.8, 4) is 0 Å². The normalized spacial score (nSPS) is 12.2. The van der Waals surface area contributed by atoms with Gasteiger partial charge in [0.15, 0.2) is 0 Å². The van der Waals surface area contributed by atoms with Crippen LogP contribution in [0.15, 0.2) is 24.3 Å². The highest BCUT2D eigenvalue weighted by Crippen LogP contribution is 2.11. The Kier molecular flexibility index (Phi) is 6.76. The summed E-state index contributed by atoms with van der Waals surface area (Å²) in [6.45, 7) is 2.86. The Morgan fingerprint density at radius 2 is 2.28 bits per heavy atom. The quantitative estimate of drug-likeness (QED) is 0.747. The van der Waals surface area contributed by atoms with Crippen molar-refractivity contribution >= 4 is 17.5 Å². The maximum Gasteiger partial charge on any atom is 0.224 e. The third-order valence-corrected chi connectivity index (χ3v) is 3.00. The van der Waals surface area contributed by atoms with Gasteiger partial charge in [0, 0.05) is 18.2 Å². The summed E-state index contributed by atoms with van der Waals surface area (Å²) in [5, 5.41) is 12.4. The van der Waals surface area contributed by atoms with Gasteiger partial charge in [-0.1, -0.05) is 30.7 Å². The molecule has 1 aromatic rings. The third kappa shape index (κ3) is 6.03. The monoisotopic (exact) mass is 269 g/mol.